The number of hydrogen-bond acceptors (Lipinski definition) is 5. The first kappa shape index (κ1) is 20.5. The number of aromatic nitrogens is 1. The van der Waals surface area contributed by atoms with E-state index in [0.717, 1.165) is 17.5 Å². The summed E-state index contributed by atoms with van der Waals surface area (Å²) in [5.41, 5.74) is 2.62. The summed E-state index contributed by atoms with van der Waals surface area (Å²) in [6.07, 6.45) is 3.15. The number of pyridine rings is 1. The molecule has 1 aromatic carbocycles. The molecular weight excluding hydrogens is 370 g/mol. The first-order valence-electron chi connectivity index (χ1n) is 9.81. The lowest BCUT2D eigenvalue weighted by Crippen LogP contribution is -2.32. The molecule has 0 saturated carbocycles. The van der Waals surface area contributed by atoms with Crippen LogP contribution in [0.25, 0.3) is 0 Å². The van der Waals surface area contributed by atoms with Crippen molar-refractivity contribution in [2.75, 3.05) is 13.2 Å². The standard InChI is InChI=1S/C22H25N3O4/c1-3-12-29-20-16(6-4-10-23-20)14-24-19(26)7-5-11-25-21(27)17-9-8-15(2)13-18(17)22(25)28/h4,6,8-10,13H,3,5,7,11-12,14H2,1-2H3,(H,24,26). The Morgan fingerprint density at radius 1 is 1.17 bits per heavy atom. The topological polar surface area (TPSA) is 88.6 Å². The fourth-order valence-electron chi connectivity index (χ4n) is 3.17. The highest BCUT2D eigenvalue weighted by atomic mass is 16.5. The van der Waals surface area contributed by atoms with Crippen molar-refractivity contribution in [3.8, 4) is 5.88 Å². The van der Waals surface area contributed by atoms with Crippen molar-refractivity contribution in [1.82, 2.24) is 15.2 Å². The first-order valence-corrected chi connectivity index (χ1v) is 9.81. The van der Waals surface area contributed by atoms with Crippen LogP contribution in [-0.4, -0.2) is 40.8 Å². The van der Waals surface area contributed by atoms with E-state index >= 15 is 0 Å². The molecule has 0 fully saturated rings. The number of nitrogens with zero attached hydrogens (tertiary/aromatic N) is 2. The van der Waals surface area contributed by atoms with Gasteiger partial charge in [-0.05, 0) is 38.0 Å². The SMILES string of the molecule is CCCOc1ncccc1CNC(=O)CCCN1C(=O)c2ccc(C)cc2C1=O. The number of nitrogens with one attached hydrogen (secondary N) is 1. The number of carbonyl (C=O) groups is 3. The Bertz CT molecular complexity index is 926. The summed E-state index contributed by atoms with van der Waals surface area (Å²) >= 11 is 0. The molecule has 3 amide bonds. The van der Waals surface area contributed by atoms with E-state index in [9.17, 15) is 14.4 Å². The van der Waals surface area contributed by atoms with E-state index in [1.165, 1.54) is 4.90 Å². The van der Waals surface area contributed by atoms with Gasteiger partial charge in [0.25, 0.3) is 11.8 Å². The summed E-state index contributed by atoms with van der Waals surface area (Å²) in [6.45, 7) is 5.00. The second-order valence-corrected chi connectivity index (χ2v) is 7.01. The van der Waals surface area contributed by atoms with Gasteiger partial charge in [0.15, 0.2) is 0 Å². The third-order valence-corrected chi connectivity index (χ3v) is 4.68. The minimum absolute atomic E-state index is 0.150. The number of imide groups is 1. The van der Waals surface area contributed by atoms with Gasteiger partial charge in [-0.15, -0.1) is 0 Å². The summed E-state index contributed by atoms with van der Waals surface area (Å²) in [5, 5.41) is 2.84. The molecule has 3 rings (SSSR count). The number of hydrogen-bond donors (Lipinski definition) is 1. The summed E-state index contributed by atoms with van der Waals surface area (Å²) in [7, 11) is 0. The maximum absolute atomic E-state index is 12.5. The monoisotopic (exact) mass is 395 g/mol. The number of fused-ring (bicyclic) bond motifs is 1. The third-order valence-electron chi connectivity index (χ3n) is 4.68. The Kier molecular flexibility index (Phi) is 6.59. The van der Waals surface area contributed by atoms with Gasteiger partial charge in [0.1, 0.15) is 0 Å². The molecule has 0 radical (unpaired) electrons. The minimum Gasteiger partial charge on any atom is -0.477 e. The number of aryl methyl sites for hydroxylation is 1. The van der Waals surface area contributed by atoms with Crippen LogP contribution in [0.1, 0.15) is 58.0 Å². The highest BCUT2D eigenvalue weighted by molar-refractivity contribution is 6.21. The van der Waals surface area contributed by atoms with E-state index < -0.39 is 0 Å². The zero-order valence-corrected chi connectivity index (χ0v) is 16.7. The average Bonchev–Trinajstić information content (AvgIpc) is 2.95. The number of rotatable bonds is 9. The minimum atomic E-state index is -0.293. The summed E-state index contributed by atoms with van der Waals surface area (Å²) < 4.78 is 5.59. The molecule has 2 aromatic rings. The molecule has 0 unspecified atom stereocenters. The van der Waals surface area contributed by atoms with E-state index in [1.807, 2.05) is 26.0 Å². The van der Waals surface area contributed by atoms with E-state index in [-0.39, 0.29) is 30.7 Å². The van der Waals surface area contributed by atoms with Crippen molar-refractivity contribution in [1.29, 1.82) is 0 Å². The van der Waals surface area contributed by atoms with Crippen LogP contribution in [0.2, 0.25) is 0 Å². The molecule has 2 heterocycles. The Balaban J connectivity index is 1.48. The van der Waals surface area contributed by atoms with Crippen LogP contribution in [-0.2, 0) is 11.3 Å². The van der Waals surface area contributed by atoms with Gasteiger partial charge in [-0.1, -0.05) is 24.6 Å². The quantitative estimate of drug-likeness (QED) is 0.660. The predicted molar refractivity (Wildman–Crippen MR) is 108 cm³/mol. The van der Waals surface area contributed by atoms with Crippen molar-refractivity contribution in [3.05, 3.63) is 58.8 Å². The second kappa shape index (κ2) is 9.32. The average molecular weight is 395 g/mol. The van der Waals surface area contributed by atoms with Crippen LogP contribution < -0.4 is 10.1 Å². The Labute approximate surface area is 170 Å². The van der Waals surface area contributed by atoms with E-state index in [4.69, 9.17) is 4.74 Å². The number of ether oxygens (including phenoxy) is 1. The van der Waals surface area contributed by atoms with Gasteiger partial charge in [-0.25, -0.2) is 4.98 Å². The van der Waals surface area contributed by atoms with Gasteiger partial charge in [0.05, 0.1) is 17.7 Å². The molecule has 1 aromatic heterocycles. The van der Waals surface area contributed by atoms with Gasteiger partial charge in [-0.2, -0.15) is 0 Å². The van der Waals surface area contributed by atoms with Crippen molar-refractivity contribution < 1.29 is 19.1 Å². The normalized spacial score (nSPS) is 12.8. The lowest BCUT2D eigenvalue weighted by atomic mass is 10.1. The molecule has 7 heteroatoms. The van der Waals surface area contributed by atoms with Crippen molar-refractivity contribution >= 4 is 17.7 Å². The van der Waals surface area contributed by atoms with Crippen LogP contribution in [0.5, 0.6) is 5.88 Å². The Morgan fingerprint density at radius 3 is 2.76 bits per heavy atom. The summed E-state index contributed by atoms with van der Waals surface area (Å²) in [4.78, 5) is 42.5. The van der Waals surface area contributed by atoms with E-state index in [2.05, 4.69) is 10.3 Å². The lowest BCUT2D eigenvalue weighted by molar-refractivity contribution is -0.121. The smallest absolute Gasteiger partial charge is 0.261 e. The molecule has 0 bridgehead atoms. The Hall–Kier alpha value is -3.22. The predicted octanol–water partition coefficient (Wildman–Crippen LogP) is 2.87. The van der Waals surface area contributed by atoms with Crippen LogP contribution in [0.15, 0.2) is 36.5 Å². The molecule has 0 spiro atoms. The van der Waals surface area contributed by atoms with Gasteiger partial charge in [0.2, 0.25) is 11.8 Å². The summed E-state index contributed by atoms with van der Waals surface area (Å²) in [6, 6.07) is 8.89. The molecule has 1 aliphatic heterocycles. The lowest BCUT2D eigenvalue weighted by Gasteiger charge is -2.14. The van der Waals surface area contributed by atoms with E-state index in [1.54, 1.807) is 24.4 Å². The van der Waals surface area contributed by atoms with Crippen molar-refractivity contribution in [2.45, 2.75) is 39.7 Å². The van der Waals surface area contributed by atoms with Gasteiger partial charge in [-0.3, -0.25) is 19.3 Å². The maximum Gasteiger partial charge on any atom is 0.261 e. The molecule has 0 saturated heterocycles. The van der Waals surface area contributed by atoms with Crippen LogP contribution in [0.4, 0.5) is 0 Å². The molecule has 0 aliphatic carbocycles. The zero-order valence-electron chi connectivity index (χ0n) is 16.7. The number of amides is 3. The molecule has 1 N–H and O–H groups in total. The molecule has 7 nitrogen and oxygen atoms in total. The van der Waals surface area contributed by atoms with E-state index in [0.29, 0.717) is 36.6 Å². The first-order chi connectivity index (χ1) is 14.0. The molecule has 0 atom stereocenters. The number of carbonyl (C=O) groups excluding carboxylic acids is 3. The summed E-state index contributed by atoms with van der Waals surface area (Å²) in [5.74, 6) is -0.209. The van der Waals surface area contributed by atoms with Crippen molar-refractivity contribution in [2.24, 2.45) is 0 Å². The van der Waals surface area contributed by atoms with Crippen LogP contribution in [0, 0.1) is 6.92 Å². The molecule has 1 aliphatic rings. The molecule has 29 heavy (non-hydrogen) atoms. The van der Waals surface area contributed by atoms with Crippen LogP contribution >= 0.6 is 0 Å². The molecular formula is C22H25N3O4. The van der Waals surface area contributed by atoms with Crippen LogP contribution in [0.3, 0.4) is 0 Å². The highest BCUT2D eigenvalue weighted by Gasteiger charge is 2.34. The second-order valence-electron chi connectivity index (χ2n) is 7.01. The van der Waals surface area contributed by atoms with Gasteiger partial charge < -0.3 is 10.1 Å². The van der Waals surface area contributed by atoms with Gasteiger partial charge >= 0.3 is 0 Å². The van der Waals surface area contributed by atoms with Crippen molar-refractivity contribution in [3.63, 3.8) is 0 Å². The third kappa shape index (κ3) is 4.80. The number of benzene rings is 1. The highest BCUT2D eigenvalue weighted by Crippen LogP contribution is 2.24. The molecule has 152 valence electrons. The van der Waals surface area contributed by atoms with Gasteiger partial charge in [0, 0.05) is 31.3 Å². The largest absolute Gasteiger partial charge is 0.477 e. The Morgan fingerprint density at radius 2 is 1.97 bits per heavy atom. The fraction of sp³-hybridized carbons (Fsp3) is 0.364. The maximum atomic E-state index is 12.5. The fourth-order valence-corrected chi connectivity index (χ4v) is 3.17. The zero-order chi connectivity index (χ0) is 20.8.